The molecule has 13 heteroatoms. The number of benzene rings is 1. The van der Waals surface area contributed by atoms with Crippen molar-refractivity contribution in [3.8, 4) is 0 Å². The third kappa shape index (κ3) is 5.22. The number of nitrogens with one attached hydrogen (secondary N) is 2. The molecule has 2 aliphatic heterocycles. The summed E-state index contributed by atoms with van der Waals surface area (Å²) < 4.78 is 25.2. The number of methoxy groups -OCH3 is 2. The Balaban J connectivity index is 1.20. The van der Waals surface area contributed by atoms with Crippen molar-refractivity contribution in [1.29, 1.82) is 0 Å². The van der Waals surface area contributed by atoms with Crippen LogP contribution < -0.4 is 20.4 Å². The Morgan fingerprint density at radius 3 is 2.78 bits per heavy atom. The van der Waals surface area contributed by atoms with Crippen LogP contribution >= 0.6 is 11.3 Å². The summed E-state index contributed by atoms with van der Waals surface area (Å²) in [5, 5.41) is 23.6. The van der Waals surface area contributed by atoms with Crippen molar-refractivity contribution < 1.29 is 18.7 Å². The van der Waals surface area contributed by atoms with E-state index in [4.69, 9.17) is 9.47 Å². The lowest BCUT2D eigenvalue weighted by Gasteiger charge is -2.40. The van der Waals surface area contributed by atoms with Gasteiger partial charge in [-0.3, -0.25) is 10.1 Å². The average molecular weight is 515 g/mol. The fourth-order valence-electron chi connectivity index (χ4n) is 4.32. The lowest BCUT2D eigenvalue weighted by molar-refractivity contribution is -0.126. The number of ether oxygens (including phenoxy) is 2. The SMILES string of the molecule is COC1CN(c2cc([C@@H](OC)C(=O)Nc3nnc(N4CC[C@@H](Nc5cccnn5)C4)s3)ccc2F)C1. The molecular weight excluding hydrogens is 487 g/mol. The summed E-state index contributed by atoms with van der Waals surface area (Å²) in [6, 6.07) is 8.48. The predicted octanol–water partition coefficient (Wildman–Crippen LogP) is 2.32. The predicted molar refractivity (Wildman–Crippen MR) is 134 cm³/mol. The largest absolute Gasteiger partial charge is 0.378 e. The van der Waals surface area contributed by atoms with Gasteiger partial charge >= 0.3 is 0 Å². The molecule has 2 aliphatic rings. The summed E-state index contributed by atoms with van der Waals surface area (Å²) in [5.74, 6) is -0.0217. The van der Waals surface area contributed by atoms with Gasteiger partial charge in [0.05, 0.1) is 11.8 Å². The van der Waals surface area contributed by atoms with Crippen LogP contribution in [0, 0.1) is 5.82 Å². The fraction of sp³-hybridized carbons (Fsp3) is 0.435. The van der Waals surface area contributed by atoms with Gasteiger partial charge in [-0.2, -0.15) is 5.10 Å². The van der Waals surface area contributed by atoms with Crippen LogP contribution in [0.4, 0.5) is 26.2 Å². The Kier molecular flexibility index (Phi) is 7.20. The Morgan fingerprint density at radius 1 is 1.17 bits per heavy atom. The van der Waals surface area contributed by atoms with E-state index < -0.39 is 12.0 Å². The summed E-state index contributed by atoms with van der Waals surface area (Å²) in [5.41, 5.74) is 0.974. The number of carbonyl (C=O) groups is 1. The fourth-order valence-corrected chi connectivity index (χ4v) is 5.10. The number of amides is 1. The Hall–Kier alpha value is -3.42. The summed E-state index contributed by atoms with van der Waals surface area (Å²) in [7, 11) is 3.08. The first-order valence-corrected chi connectivity index (χ1v) is 12.4. The zero-order valence-electron chi connectivity index (χ0n) is 19.9. The molecule has 5 rings (SSSR count). The number of anilines is 4. The molecule has 190 valence electrons. The Bertz CT molecular complexity index is 1190. The van der Waals surface area contributed by atoms with Crippen molar-refractivity contribution in [1.82, 2.24) is 20.4 Å². The lowest BCUT2D eigenvalue weighted by atomic mass is 10.0. The van der Waals surface area contributed by atoms with E-state index in [9.17, 15) is 9.18 Å². The molecule has 36 heavy (non-hydrogen) atoms. The number of hydrogen-bond donors (Lipinski definition) is 2. The normalized spacial score (nSPS) is 18.7. The van der Waals surface area contributed by atoms with Gasteiger partial charge in [0, 0.05) is 52.6 Å². The molecule has 1 amide bonds. The number of carbonyl (C=O) groups excluding carboxylic acids is 1. The topological polar surface area (TPSA) is 118 Å². The van der Waals surface area contributed by atoms with Crippen LogP contribution in [0.2, 0.25) is 0 Å². The van der Waals surface area contributed by atoms with Gasteiger partial charge in [-0.05, 0) is 36.2 Å². The van der Waals surface area contributed by atoms with Crippen LogP contribution in [0.25, 0.3) is 0 Å². The molecule has 0 radical (unpaired) electrons. The van der Waals surface area contributed by atoms with E-state index in [-0.39, 0.29) is 18.0 Å². The van der Waals surface area contributed by atoms with Crippen LogP contribution in [-0.2, 0) is 14.3 Å². The van der Waals surface area contributed by atoms with E-state index in [0.29, 0.717) is 29.5 Å². The van der Waals surface area contributed by atoms with Gasteiger partial charge in [-0.15, -0.1) is 15.3 Å². The minimum absolute atomic E-state index is 0.0786. The van der Waals surface area contributed by atoms with E-state index in [1.54, 1.807) is 25.4 Å². The highest BCUT2D eigenvalue weighted by Crippen LogP contribution is 2.32. The quantitative estimate of drug-likeness (QED) is 0.440. The smallest absolute Gasteiger partial charge is 0.259 e. The first kappa shape index (κ1) is 24.3. The standard InChI is InChI=1S/C23H27FN8O3S/c1-34-16-12-32(13-16)18-10-14(5-6-17(18)24)20(35-2)21(33)27-22-29-30-23(36-22)31-9-7-15(11-31)26-19-4-3-8-25-28-19/h3-6,8,10,15-16,20H,7,9,11-13H2,1-2H3,(H,26,28)(H,27,29,33)/t15-,20-/m1/s1. The molecule has 4 heterocycles. The molecule has 2 fully saturated rings. The third-order valence-electron chi connectivity index (χ3n) is 6.30. The van der Waals surface area contributed by atoms with Crippen LogP contribution in [0.5, 0.6) is 0 Å². The second-order valence-corrected chi connectivity index (χ2v) is 9.61. The minimum Gasteiger partial charge on any atom is -0.378 e. The first-order chi connectivity index (χ1) is 17.5. The monoisotopic (exact) mass is 514 g/mol. The maximum absolute atomic E-state index is 14.4. The molecular formula is C23H27FN8O3S. The van der Waals surface area contributed by atoms with Gasteiger partial charge in [-0.25, -0.2) is 4.39 Å². The van der Waals surface area contributed by atoms with E-state index in [1.807, 2.05) is 17.0 Å². The molecule has 2 N–H and O–H groups in total. The molecule has 3 aromatic rings. The number of nitrogens with zero attached hydrogens (tertiary/aromatic N) is 6. The van der Waals surface area contributed by atoms with E-state index >= 15 is 0 Å². The van der Waals surface area contributed by atoms with Crippen LogP contribution in [-0.4, -0.2) is 78.8 Å². The highest BCUT2D eigenvalue weighted by Gasteiger charge is 2.31. The highest BCUT2D eigenvalue weighted by atomic mass is 32.1. The van der Waals surface area contributed by atoms with Crippen molar-refractivity contribution in [3.63, 3.8) is 0 Å². The zero-order chi connectivity index (χ0) is 25.1. The summed E-state index contributed by atoms with van der Waals surface area (Å²) in [6.45, 7) is 2.73. The summed E-state index contributed by atoms with van der Waals surface area (Å²) in [4.78, 5) is 17.0. The van der Waals surface area contributed by atoms with Crippen LogP contribution in [0.15, 0.2) is 36.5 Å². The lowest BCUT2D eigenvalue weighted by Crippen LogP contribution is -2.52. The Labute approximate surface area is 211 Å². The molecule has 2 atom stereocenters. The Morgan fingerprint density at radius 2 is 2.03 bits per heavy atom. The van der Waals surface area contributed by atoms with Gasteiger partial charge in [0.2, 0.25) is 10.3 Å². The number of rotatable bonds is 9. The first-order valence-electron chi connectivity index (χ1n) is 11.6. The van der Waals surface area contributed by atoms with Gasteiger partial charge in [0.15, 0.2) is 6.10 Å². The highest BCUT2D eigenvalue weighted by molar-refractivity contribution is 7.19. The molecule has 0 saturated carbocycles. The number of halogens is 1. The summed E-state index contributed by atoms with van der Waals surface area (Å²) in [6.07, 6.45) is 1.70. The average Bonchev–Trinajstić information content (AvgIpc) is 3.51. The van der Waals surface area contributed by atoms with Crippen molar-refractivity contribution in [3.05, 3.63) is 47.9 Å². The van der Waals surface area contributed by atoms with Gasteiger partial charge in [0.1, 0.15) is 11.6 Å². The minimum atomic E-state index is -0.927. The maximum Gasteiger partial charge on any atom is 0.259 e. The summed E-state index contributed by atoms with van der Waals surface area (Å²) >= 11 is 1.29. The molecule has 0 spiro atoms. The molecule has 2 saturated heterocycles. The van der Waals surface area contributed by atoms with E-state index in [0.717, 1.165) is 30.5 Å². The van der Waals surface area contributed by atoms with Crippen molar-refractivity contribution in [2.24, 2.45) is 0 Å². The van der Waals surface area contributed by atoms with Crippen LogP contribution in [0.1, 0.15) is 18.1 Å². The van der Waals surface area contributed by atoms with E-state index in [1.165, 1.54) is 24.5 Å². The van der Waals surface area contributed by atoms with E-state index in [2.05, 4.69) is 35.9 Å². The van der Waals surface area contributed by atoms with Crippen molar-refractivity contribution in [2.45, 2.75) is 24.7 Å². The molecule has 1 aromatic carbocycles. The molecule has 0 bridgehead atoms. The molecule has 0 aliphatic carbocycles. The number of aromatic nitrogens is 4. The third-order valence-corrected chi connectivity index (χ3v) is 7.20. The maximum atomic E-state index is 14.4. The van der Waals surface area contributed by atoms with Gasteiger partial charge in [-0.1, -0.05) is 17.4 Å². The molecule has 0 unspecified atom stereocenters. The second kappa shape index (κ2) is 10.7. The van der Waals surface area contributed by atoms with Gasteiger partial charge in [0.25, 0.3) is 5.91 Å². The van der Waals surface area contributed by atoms with Crippen molar-refractivity contribution >= 4 is 39.0 Å². The molecule has 2 aromatic heterocycles. The zero-order valence-corrected chi connectivity index (χ0v) is 20.7. The number of hydrogen-bond acceptors (Lipinski definition) is 11. The second-order valence-electron chi connectivity index (χ2n) is 8.65. The van der Waals surface area contributed by atoms with Crippen molar-refractivity contribution in [2.75, 3.05) is 60.8 Å². The molecule has 11 nitrogen and oxygen atoms in total. The van der Waals surface area contributed by atoms with Crippen LogP contribution in [0.3, 0.4) is 0 Å². The van der Waals surface area contributed by atoms with Gasteiger partial charge < -0.3 is 24.6 Å².